The summed E-state index contributed by atoms with van der Waals surface area (Å²) in [6, 6.07) is 68.1. The van der Waals surface area contributed by atoms with Gasteiger partial charge in [-0.2, -0.15) is 0 Å². The van der Waals surface area contributed by atoms with E-state index < -0.39 is 0 Å². The van der Waals surface area contributed by atoms with Crippen LogP contribution < -0.4 is 0 Å². The van der Waals surface area contributed by atoms with E-state index in [0.717, 1.165) is 66.5 Å². The van der Waals surface area contributed by atoms with Gasteiger partial charge in [-0.25, -0.2) is 15.0 Å². The Hall–Kier alpha value is -7.89. The van der Waals surface area contributed by atoms with Crippen LogP contribution in [0.4, 0.5) is 0 Å². The molecule has 0 saturated heterocycles. The highest BCUT2D eigenvalue weighted by Gasteiger charge is 2.21. The summed E-state index contributed by atoms with van der Waals surface area (Å²) >= 11 is 0. The van der Waals surface area contributed by atoms with Crippen molar-refractivity contribution in [3.8, 4) is 51.0 Å². The monoisotopic (exact) mass is 740 g/mol. The van der Waals surface area contributed by atoms with Gasteiger partial charge in [-0.05, 0) is 69.6 Å². The first-order valence-electron chi connectivity index (χ1n) is 19.5. The van der Waals surface area contributed by atoms with Crippen LogP contribution in [0.3, 0.4) is 0 Å². The lowest BCUT2D eigenvalue weighted by atomic mass is 9.98. The molecule has 0 spiro atoms. The summed E-state index contributed by atoms with van der Waals surface area (Å²) in [5.41, 5.74) is 9.83. The third kappa shape index (κ3) is 5.14. The molecule has 0 atom stereocenters. The number of para-hydroxylation sites is 1. The zero-order valence-corrected chi connectivity index (χ0v) is 31.2. The van der Waals surface area contributed by atoms with Crippen LogP contribution in [-0.2, 0) is 0 Å². The van der Waals surface area contributed by atoms with Crippen molar-refractivity contribution in [3.05, 3.63) is 194 Å². The van der Waals surface area contributed by atoms with Crippen molar-refractivity contribution in [2.75, 3.05) is 0 Å². The minimum Gasteiger partial charge on any atom is -0.455 e. The average Bonchev–Trinajstić information content (AvgIpc) is 3.84. The highest BCUT2D eigenvalue weighted by molar-refractivity contribution is 6.21. The number of fused-ring (bicyclic) bond motifs is 9. The van der Waals surface area contributed by atoms with Crippen LogP contribution >= 0.6 is 0 Å². The largest absolute Gasteiger partial charge is 0.455 e. The van der Waals surface area contributed by atoms with E-state index >= 15 is 0 Å². The molecule has 0 aliphatic rings. The van der Waals surface area contributed by atoms with Gasteiger partial charge < -0.3 is 8.98 Å². The maximum absolute atomic E-state index is 6.97. The van der Waals surface area contributed by atoms with Crippen LogP contribution in [0.15, 0.2) is 199 Å². The summed E-state index contributed by atoms with van der Waals surface area (Å²) in [5.74, 6) is 1.83. The Morgan fingerprint density at radius 2 is 0.966 bits per heavy atom. The van der Waals surface area contributed by atoms with Gasteiger partial charge in [0.2, 0.25) is 0 Å². The number of benzene rings is 9. The molecule has 5 nitrogen and oxygen atoms in total. The van der Waals surface area contributed by atoms with Crippen molar-refractivity contribution in [1.29, 1.82) is 0 Å². The fraction of sp³-hybridized carbons (Fsp3) is 0. The van der Waals surface area contributed by atoms with Crippen LogP contribution in [-0.4, -0.2) is 19.5 Å². The molecule has 0 N–H and O–H groups in total. The Balaban J connectivity index is 1.11. The molecule has 0 aliphatic carbocycles. The fourth-order valence-corrected chi connectivity index (χ4v) is 8.66. The van der Waals surface area contributed by atoms with Crippen molar-refractivity contribution in [2.24, 2.45) is 0 Å². The molecule has 0 bridgehead atoms. The van der Waals surface area contributed by atoms with Crippen molar-refractivity contribution in [1.82, 2.24) is 19.5 Å². The maximum Gasteiger partial charge on any atom is 0.164 e. The van der Waals surface area contributed by atoms with Gasteiger partial charge in [-0.3, -0.25) is 0 Å². The molecule has 0 amide bonds. The van der Waals surface area contributed by atoms with Crippen molar-refractivity contribution in [2.45, 2.75) is 0 Å². The second-order valence-corrected chi connectivity index (χ2v) is 14.8. The third-order valence-corrected chi connectivity index (χ3v) is 11.4. The first kappa shape index (κ1) is 32.4. The standard InChI is InChI=1S/C53H32N4O/c1-3-15-35(16-4-1)51-54-52(36-17-5-2-6-18-36)56-53(55-51)39-25-27-42-45-32-40(31-44(50(45)58-48(42)30-39)38-24-23-33-13-7-8-19-37(33)29-38)57-46-22-12-11-21-43(46)49-41-20-10-9-14-34(41)26-28-47(49)57/h1-32H. The normalized spacial score (nSPS) is 11.8. The molecule has 9 aromatic carbocycles. The number of furan rings is 1. The molecule has 58 heavy (non-hydrogen) atoms. The molecule has 5 heteroatoms. The van der Waals surface area contributed by atoms with E-state index in [2.05, 4.69) is 138 Å². The van der Waals surface area contributed by atoms with Gasteiger partial charge in [-0.15, -0.1) is 0 Å². The quantitative estimate of drug-likeness (QED) is 0.176. The zero-order chi connectivity index (χ0) is 38.2. The molecule has 12 rings (SSSR count). The summed E-state index contributed by atoms with van der Waals surface area (Å²) in [6.45, 7) is 0. The van der Waals surface area contributed by atoms with E-state index in [1.165, 1.54) is 32.3 Å². The van der Waals surface area contributed by atoms with Gasteiger partial charge in [0.05, 0.1) is 11.0 Å². The van der Waals surface area contributed by atoms with E-state index in [-0.39, 0.29) is 0 Å². The van der Waals surface area contributed by atoms with E-state index in [1.54, 1.807) is 0 Å². The second-order valence-electron chi connectivity index (χ2n) is 14.8. The van der Waals surface area contributed by atoms with Crippen molar-refractivity contribution in [3.63, 3.8) is 0 Å². The average molecular weight is 741 g/mol. The Kier molecular flexibility index (Phi) is 7.16. The molecule has 270 valence electrons. The van der Waals surface area contributed by atoms with E-state index in [9.17, 15) is 0 Å². The number of rotatable bonds is 5. The molecule has 12 aromatic rings. The fourth-order valence-electron chi connectivity index (χ4n) is 8.66. The second kappa shape index (κ2) is 12.8. The number of hydrogen-bond acceptors (Lipinski definition) is 4. The smallest absolute Gasteiger partial charge is 0.164 e. The molecular formula is C53H32N4O. The first-order chi connectivity index (χ1) is 28.7. The minimum absolute atomic E-state index is 0.586. The summed E-state index contributed by atoms with van der Waals surface area (Å²) < 4.78 is 9.38. The van der Waals surface area contributed by atoms with E-state index in [1.807, 2.05) is 60.7 Å². The molecule has 3 aromatic heterocycles. The number of nitrogens with zero attached hydrogens (tertiary/aromatic N) is 4. The zero-order valence-electron chi connectivity index (χ0n) is 31.2. The van der Waals surface area contributed by atoms with Crippen LogP contribution in [0, 0.1) is 0 Å². The van der Waals surface area contributed by atoms with Gasteiger partial charge in [0.1, 0.15) is 11.2 Å². The van der Waals surface area contributed by atoms with Crippen LogP contribution in [0.5, 0.6) is 0 Å². The predicted molar refractivity (Wildman–Crippen MR) is 238 cm³/mol. The molecule has 0 radical (unpaired) electrons. The number of hydrogen-bond donors (Lipinski definition) is 0. The molecule has 0 fully saturated rings. The highest BCUT2D eigenvalue weighted by atomic mass is 16.3. The van der Waals surface area contributed by atoms with Crippen molar-refractivity contribution >= 4 is 65.3 Å². The Bertz CT molecular complexity index is 3510. The highest BCUT2D eigenvalue weighted by Crippen LogP contribution is 2.43. The molecule has 0 unspecified atom stereocenters. The summed E-state index contributed by atoms with van der Waals surface area (Å²) in [5, 5.41) is 9.40. The predicted octanol–water partition coefficient (Wildman–Crippen LogP) is 13.8. The summed E-state index contributed by atoms with van der Waals surface area (Å²) in [7, 11) is 0. The van der Waals surface area contributed by atoms with Gasteiger partial charge in [-0.1, -0.05) is 152 Å². The van der Waals surface area contributed by atoms with Crippen LogP contribution in [0.2, 0.25) is 0 Å². The van der Waals surface area contributed by atoms with Crippen LogP contribution in [0.25, 0.3) is 116 Å². The van der Waals surface area contributed by atoms with Crippen LogP contribution in [0.1, 0.15) is 0 Å². The van der Waals surface area contributed by atoms with Gasteiger partial charge in [0.15, 0.2) is 17.5 Å². The summed E-state index contributed by atoms with van der Waals surface area (Å²) in [4.78, 5) is 14.9. The van der Waals surface area contributed by atoms with Crippen molar-refractivity contribution < 1.29 is 4.42 Å². The maximum atomic E-state index is 6.97. The molecular weight excluding hydrogens is 709 g/mol. The van der Waals surface area contributed by atoms with E-state index in [4.69, 9.17) is 19.4 Å². The Labute approximate surface area is 333 Å². The van der Waals surface area contributed by atoms with Gasteiger partial charge >= 0.3 is 0 Å². The minimum atomic E-state index is 0.586. The molecule has 3 heterocycles. The third-order valence-electron chi connectivity index (χ3n) is 11.4. The topological polar surface area (TPSA) is 56.7 Å². The summed E-state index contributed by atoms with van der Waals surface area (Å²) in [6.07, 6.45) is 0. The number of aromatic nitrogens is 4. The Morgan fingerprint density at radius 1 is 0.362 bits per heavy atom. The first-order valence-corrected chi connectivity index (χ1v) is 19.5. The van der Waals surface area contributed by atoms with Gasteiger partial charge in [0, 0.05) is 49.5 Å². The SMILES string of the molecule is c1ccc(-c2nc(-c3ccccc3)nc(-c3ccc4c(c3)oc3c(-c5ccc6ccccc6c5)cc(-n5c6ccccc6c6c7ccccc7ccc65)cc34)n2)cc1. The molecule has 0 aliphatic heterocycles. The Morgan fingerprint density at radius 3 is 1.72 bits per heavy atom. The lowest BCUT2D eigenvalue weighted by Gasteiger charge is -2.12. The lowest BCUT2D eigenvalue weighted by Crippen LogP contribution is -2.00. The lowest BCUT2D eigenvalue weighted by molar-refractivity contribution is 0.670. The molecule has 0 saturated carbocycles. The van der Waals surface area contributed by atoms with E-state index in [0.29, 0.717) is 17.5 Å². The van der Waals surface area contributed by atoms with Gasteiger partial charge in [0.25, 0.3) is 0 Å².